The first kappa shape index (κ1) is 12.9. The van der Waals surface area contributed by atoms with Crippen molar-refractivity contribution < 1.29 is 9.90 Å². The summed E-state index contributed by atoms with van der Waals surface area (Å²) >= 11 is 0. The Balaban J connectivity index is 2.07. The predicted octanol–water partition coefficient (Wildman–Crippen LogP) is 1.56. The van der Waals surface area contributed by atoms with Gasteiger partial charge in [-0.25, -0.2) is 0 Å². The van der Waals surface area contributed by atoms with Gasteiger partial charge in [0, 0.05) is 11.6 Å². The molecule has 0 aliphatic heterocycles. The van der Waals surface area contributed by atoms with E-state index in [1.807, 2.05) is 6.92 Å². The van der Waals surface area contributed by atoms with Crippen LogP contribution in [0.15, 0.2) is 18.2 Å². The molecule has 0 saturated heterocycles. The molecule has 4 N–H and O–H groups in total. The lowest BCUT2D eigenvalue weighted by atomic mass is 10.0. The number of carbonyl (C=O) groups is 1. The number of hydrogen-bond acceptors (Lipinski definition) is 3. The number of nitrogens with two attached hydrogens (primary N) is 1. The summed E-state index contributed by atoms with van der Waals surface area (Å²) in [6.45, 7) is 2.45. The molecule has 1 saturated carbocycles. The molecule has 0 spiro atoms. The van der Waals surface area contributed by atoms with E-state index in [2.05, 4.69) is 5.32 Å². The fraction of sp³-hybridized carbons (Fsp3) is 0.500. The van der Waals surface area contributed by atoms with Crippen molar-refractivity contribution in [1.82, 2.24) is 5.32 Å². The fourth-order valence-corrected chi connectivity index (χ4v) is 2.66. The largest absolute Gasteiger partial charge is 0.508 e. The van der Waals surface area contributed by atoms with Gasteiger partial charge in [-0.3, -0.25) is 4.79 Å². The first-order valence-corrected chi connectivity index (χ1v) is 6.42. The molecular formula is C14H20N2O2. The van der Waals surface area contributed by atoms with Crippen LogP contribution < -0.4 is 11.1 Å². The lowest BCUT2D eigenvalue weighted by Crippen LogP contribution is -2.40. The number of rotatable bonds is 3. The molecular weight excluding hydrogens is 228 g/mol. The molecule has 1 fully saturated rings. The summed E-state index contributed by atoms with van der Waals surface area (Å²) in [6, 6.07) is 4.99. The maximum absolute atomic E-state index is 12.2. The van der Waals surface area contributed by atoms with Gasteiger partial charge in [0.15, 0.2) is 0 Å². The van der Waals surface area contributed by atoms with Gasteiger partial charge in [0.25, 0.3) is 5.91 Å². The summed E-state index contributed by atoms with van der Waals surface area (Å²) in [5, 5.41) is 12.4. The average Bonchev–Trinajstić information content (AvgIpc) is 2.76. The van der Waals surface area contributed by atoms with Crippen molar-refractivity contribution >= 4 is 5.91 Å². The van der Waals surface area contributed by atoms with E-state index in [1.165, 1.54) is 6.07 Å². The number of amides is 1. The Labute approximate surface area is 107 Å². The summed E-state index contributed by atoms with van der Waals surface area (Å²) in [6.07, 6.45) is 3.22. The summed E-state index contributed by atoms with van der Waals surface area (Å²) in [7, 11) is 0. The van der Waals surface area contributed by atoms with E-state index in [0.717, 1.165) is 24.8 Å². The minimum atomic E-state index is -0.0714. The molecule has 4 heteroatoms. The van der Waals surface area contributed by atoms with Gasteiger partial charge in [-0.05, 0) is 56.0 Å². The minimum Gasteiger partial charge on any atom is -0.508 e. The van der Waals surface area contributed by atoms with Crippen molar-refractivity contribution in [3.05, 3.63) is 29.3 Å². The van der Waals surface area contributed by atoms with E-state index in [1.54, 1.807) is 12.1 Å². The molecule has 1 aromatic carbocycles. The van der Waals surface area contributed by atoms with Gasteiger partial charge in [-0.15, -0.1) is 0 Å². The molecule has 18 heavy (non-hydrogen) atoms. The van der Waals surface area contributed by atoms with Crippen molar-refractivity contribution in [2.24, 2.45) is 11.7 Å². The third-order valence-corrected chi connectivity index (χ3v) is 3.73. The van der Waals surface area contributed by atoms with Crippen LogP contribution in [-0.4, -0.2) is 23.6 Å². The SMILES string of the molecule is Cc1cc(O)ccc1C(=O)NC1CCCC1CN. The molecule has 1 aromatic rings. The highest BCUT2D eigenvalue weighted by Gasteiger charge is 2.27. The van der Waals surface area contributed by atoms with Gasteiger partial charge in [0.2, 0.25) is 0 Å². The summed E-state index contributed by atoms with van der Waals surface area (Å²) in [5.41, 5.74) is 7.11. The first-order valence-electron chi connectivity index (χ1n) is 6.42. The summed E-state index contributed by atoms with van der Waals surface area (Å²) in [5.74, 6) is 0.508. The van der Waals surface area contributed by atoms with Crippen LogP contribution in [0.4, 0.5) is 0 Å². The van der Waals surface area contributed by atoms with Gasteiger partial charge in [0.05, 0.1) is 0 Å². The smallest absolute Gasteiger partial charge is 0.251 e. The van der Waals surface area contributed by atoms with Crippen LogP contribution in [0.3, 0.4) is 0 Å². The number of hydrogen-bond donors (Lipinski definition) is 3. The molecule has 4 nitrogen and oxygen atoms in total. The summed E-state index contributed by atoms with van der Waals surface area (Å²) in [4.78, 5) is 12.2. The van der Waals surface area contributed by atoms with Crippen molar-refractivity contribution in [1.29, 1.82) is 0 Å². The highest BCUT2D eigenvalue weighted by Crippen LogP contribution is 2.25. The van der Waals surface area contributed by atoms with Crippen LogP contribution in [-0.2, 0) is 0 Å². The molecule has 0 heterocycles. The summed E-state index contributed by atoms with van der Waals surface area (Å²) < 4.78 is 0. The highest BCUT2D eigenvalue weighted by molar-refractivity contribution is 5.96. The van der Waals surface area contributed by atoms with Crippen LogP contribution >= 0.6 is 0 Å². The normalized spacial score (nSPS) is 23.0. The lowest BCUT2D eigenvalue weighted by molar-refractivity contribution is 0.0928. The molecule has 1 aliphatic carbocycles. The molecule has 1 aliphatic rings. The lowest BCUT2D eigenvalue weighted by Gasteiger charge is -2.20. The molecule has 2 atom stereocenters. The third-order valence-electron chi connectivity index (χ3n) is 3.73. The zero-order valence-electron chi connectivity index (χ0n) is 10.6. The van der Waals surface area contributed by atoms with Crippen LogP contribution in [0.5, 0.6) is 5.75 Å². The second-order valence-corrected chi connectivity index (χ2v) is 5.01. The average molecular weight is 248 g/mol. The number of carbonyl (C=O) groups excluding carboxylic acids is 1. The van der Waals surface area contributed by atoms with E-state index in [9.17, 15) is 9.90 Å². The number of aromatic hydroxyl groups is 1. The standard InChI is InChI=1S/C14H20N2O2/c1-9-7-11(17)5-6-12(9)14(18)16-13-4-2-3-10(13)8-15/h5-7,10,13,17H,2-4,8,15H2,1H3,(H,16,18). The van der Waals surface area contributed by atoms with Gasteiger partial charge >= 0.3 is 0 Å². The van der Waals surface area contributed by atoms with Crippen molar-refractivity contribution in [3.8, 4) is 5.75 Å². The first-order chi connectivity index (χ1) is 8.61. The third kappa shape index (κ3) is 2.64. The fourth-order valence-electron chi connectivity index (χ4n) is 2.66. The number of nitrogens with one attached hydrogen (secondary N) is 1. The van der Waals surface area contributed by atoms with E-state index >= 15 is 0 Å². The van der Waals surface area contributed by atoms with Crippen molar-refractivity contribution in [3.63, 3.8) is 0 Å². The Hall–Kier alpha value is -1.55. The zero-order valence-corrected chi connectivity index (χ0v) is 10.6. The second kappa shape index (κ2) is 5.40. The highest BCUT2D eigenvalue weighted by atomic mass is 16.3. The number of benzene rings is 1. The quantitative estimate of drug-likeness (QED) is 0.759. The van der Waals surface area contributed by atoms with Gasteiger partial charge in [-0.1, -0.05) is 6.42 Å². The molecule has 1 amide bonds. The molecule has 0 bridgehead atoms. The Morgan fingerprint density at radius 2 is 2.28 bits per heavy atom. The number of phenolic OH excluding ortho intramolecular Hbond substituents is 1. The van der Waals surface area contributed by atoms with Crippen LogP contribution in [0.25, 0.3) is 0 Å². The monoisotopic (exact) mass is 248 g/mol. The van der Waals surface area contributed by atoms with Gasteiger partial charge in [-0.2, -0.15) is 0 Å². The van der Waals surface area contributed by atoms with Crippen LogP contribution in [0, 0.1) is 12.8 Å². The number of phenols is 1. The predicted molar refractivity (Wildman–Crippen MR) is 70.5 cm³/mol. The van der Waals surface area contributed by atoms with Gasteiger partial charge < -0.3 is 16.2 Å². The maximum Gasteiger partial charge on any atom is 0.251 e. The minimum absolute atomic E-state index is 0.0714. The van der Waals surface area contributed by atoms with Gasteiger partial charge in [0.1, 0.15) is 5.75 Å². The van der Waals surface area contributed by atoms with E-state index in [-0.39, 0.29) is 17.7 Å². The van der Waals surface area contributed by atoms with Crippen LogP contribution in [0.1, 0.15) is 35.2 Å². The van der Waals surface area contributed by atoms with Crippen LogP contribution in [0.2, 0.25) is 0 Å². The second-order valence-electron chi connectivity index (χ2n) is 5.01. The Bertz CT molecular complexity index is 445. The molecule has 0 radical (unpaired) electrons. The van der Waals surface area contributed by atoms with Crippen molar-refractivity contribution in [2.45, 2.75) is 32.2 Å². The molecule has 2 unspecified atom stereocenters. The van der Waals surface area contributed by atoms with E-state index in [0.29, 0.717) is 18.0 Å². The topological polar surface area (TPSA) is 75.3 Å². The Morgan fingerprint density at radius 1 is 1.50 bits per heavy atom. The number of aryl methyl sites for hydroxylation is 1. The zero-order chi connectivity index (χ0) is 13.1. The Morgan fingerprint density at radius 3 is 2.94 bits per heavy atom. The molecule has 98 valence electrons. The molecule has 0 aromatic heterocycles. The van der Waals surface area contributed by atoms with E-state index in [4.69, 9.17) is 5.73 Å². The van der Waals surface area contributed by atoms with Crippen molar-refractivity contribution in [2.75, 3.05) is 6.54 Å². The molecule has 2 rings (SSSR count). The maximum atomic E-state index is 12.2. The Kier molecular flexibility index (Phi) is 3.87. The van der Waals surface area contributed by atoms with E-state index < -0.39 is 0 Å².